The van der Waals surface area contributed by atoms with Gasteiger partial charge in [0.2, 0.25) is 5.91 Å². The third-order valence-corrected chi connectivity index (χ3v) is 4.34. The molecule has 0 saturated carbocycles. The summed E-state index contributed by atoms with van der Waals surface area (Å²) in [5.41, 5.74) is 1.17. The van der Waals surface area contributed by atoms with Gasteiger partial charge >= 0.3 is 0 Å². The number of hydrogen-bond donors (Lipinski definition) is 1. The van der Waals surface area contributed by atoms with Crippen molar-refractivity contribution >= 4 is 11.8 Å². The van der Waals surface area contributed by atoms with Gasteiger partial charge in [0.15, 0.2) is 5.69 Å². The second kappa shape index (κ2) is 7.76. The van der Waals surface area contributed by atoms with Crippen LogP contribution in [0.5, 0.6) is 0 Å². The lowest BCUT2D eigenvalue weighted by atomic mass is 10.2. The minimum Gasteiger partial charge on any atom is -0.378 e. The van der Waals surface area contributed by atoms with Gasteiger partial charge in [-0.1, -0.05) is 0 Å². The molecule has 2 fully saturated rings. The molecule has 0 bridgehead atoms. The molecule has 3 rings (SSSR count). The Hall–Kier alpha value is -1.93. The van der Waals surface area contributed by atoms with Gasteiger partial charge in [0.25, 0.3) is 5.91 Å². The van der Waals surface area contributed by atoms with Gasteiger partial charge in [-0.05, 0) is 25.8 Å². The first-order chi connectivity index (χ1) is 11.6. The van der Waals surface area contributed by atoms with E-state index in [9.17, 15) is 9.59 Å². The summed E-state index contributed by atoms with van der Waals surface area (Å²) in [6.45, 7) is 5.50. The van der Waals surface area contributed by atoms with Crippen LogP contribution in [0.1, 0.15) is 29.0 Å². The van der Waals surface area contributed by atoms with Gasteiger partial charge < -0.3 is 19.7 Å². The third-order valence-electron chi connectivity index (χ3n) is 4.34. The number of morpholine rings is 1. The number of amides is 2. The molecule has 2 aliphatic heterocycles. The lowest BCUT2D eigenvalue weighted by Gasteiger charge is -2.25. The lowest BCUT2D eigenvalue weighted by molar-refractivity contribution is -0.122. The van der Waals surface area contributed by atoms with Crippen LogP contribution in [-0.2, 0) is 20.8 Å². The first kappa shape index (κ1) is 16.9. The van der Waals surface area contributed by atoms with Crippen molar-refractivity contribution in [2.45, 2.75) is 32.4 Å². The molecule has 2 amide bonds. The molecule has 132 valence electrons. The van der Waals surface area contributed by atoms with E-state index in [0.29, 0.717) is 38.5 Å². The summed E-state index contributed by atoms with van der Waals surface area (Å²) < 4.78 is 12.3. The van der Waals surface area contributed by atoms with Gasteiger partial charge in [-0.15, -0.1) is 0 Å². The molecule has 1 aromatic rings. The average Bonchev–Trinajstić information content (AvgIpc) is 3.23. The Bertz CT molecular complexity index is 589. The minimum absolute atomic E-state index is 0.106. The molecule has 24 heavy (non-hydrogen) atoms. The van der Waals surface area contributed by atoms with Crippen LogP contribution in [0.3, 0.4) is 0 Å². The number of ether oxygens (including phenoxy) is 2. The van der Waals surface area contributed by atoms with Crippen molar-refractivity contribution in [3.05, 3.63) is 17.5 Å². The fourth-order valence-electron chi connectivity index (χ4n) is 2.93. The molecule has 0 spiro atoms. The Labute approximate surface area is 141 Å². The average molecular weight is 336 g/mol. The second-order valence-electron chi connectivity index (χ2n) is 6.17. The number of carbonyl (C=O) groups excluding carboxylic acids is 2. The second-order valence-corrected chi connectivity index (χ2v) is 6.17. The standard InChI is InChI=1S/C16H24N4O4/c1-12-9-14(16(22)19-4-7-23-8-5-19)18-20(12)11-15(21)17-10-13-3-2-6-24-13/h9,13H,2-8,10-11H2,1H3,(H,17,21)/t13-/m1/s1. The van der Waals surface area contributed by atoms with Crippen molar-refractivity contribution in [1.82, 2.24) is 20.0 Å². The molecule has 3 heterocycles. The molecular weight excluding hydrogens is 312 g/mol. The largest absolute Gasteiger partial charge is 0.378 e. The summed E-state index contributed by atoms with van der Waals surface area (Å²) in [5, 5.41) is 7.16. The van der Waals surface area contributed by atoms with E-state index in [0.717, 1.165) is 25.1 Å². The zero-order valence-electron chi connectivity index (χ0n) is 14.0. The van der Waals surface area contributed by atoms with E-state index in [2.05, 4.69) is 10.4 Å². The van der Waals surface area contributed by atoms with Crippen molar-refractivity contribution in [3.63, 3.8) is 0 Å². The number of nitrogens with zero attached hydrogens (tertiary/aromatic N) is 3. The van der Waals surface area contributed by atoms with E-state index in [1.165, 1.54) is 0 Å². The molecule has 2 saturated heterocycles. The molecule has 1 atom stereocenters. The summed E-state index contributed by atoms with van der Waals surface area (Å²) in [4.78, 5) is 26.2. The highest BCUT2D eigenvalue weighted by Gasteiger charge is 2.22. The SMILES string of the molecule is Cc1cc(C(=O)N2CCOCC2)nn1CC(=O)NC[C@H]1CCCO1. The molecule has 0 radical (unpaired) electrons. The van der Waals surface area contributed by atoms with Gasteiger partial charge in [-0.2, -0.15) is 5.10 Å². The summed E-state index contributed by atoms with van der Waals surface area (Å²) in [5.74, 6) is -0.234. The highest BCUT2D eigenvalue weighted by Crippen LogP contribution is 2.11. The van der Waals surface area contributed by atoms with E-state index in [-0.39, 0.29) is 24.5 Å². The zero-order valence-corrected chi connectivity index (χ0v) is 14.0. The Morgan fingerprint density at radius 2 is 2.12 bits per heavy atom. The zero-order chi connectivity index (χ0) is 16.9. The van der Waals surface area contributed by atoms with Crippen molar-refractivity contribution < 1.29 is 19.1 Å². The number of aryl methyl sites for hydroxylation is 1. The first-order valence-corrected chi connectivity index (χ1v) is 8.43. The van der Waals surface area contributed by atoms with Crippen LogP contribution in [0.25, 0.3) is 0 Å². The molecule has 1 aromatic heterocycles. The number of carbonyl (C=O) groups is 2. The van der Waals surface area contributed by atoms with E-state index in [1.54, 1.807) is 15.6 Å². The Morgan fingerprint density at radius 3 is 2.83 bits per heavy atom. The van der Waals surface area contributed by atoms with Gasteiger partial charge in [0.05, 0.1) is 19.3 Å². The first-order valence-electron chi connectivity index (χ1n) is 8.43. The van der Waals surface area contributed by atoms with Gasteiger partial charge in [0.1, 0.15) is 6.54 Å². The van der Waals surface area contributed by atoms with Gasteiger partial charge in [0, 0.05) is 31.9 Å². The number of nitrogens with one attached hydrogen (secondary N) is 1. The fourth-order valence-corrected chi connectivity index (χ4v) is 2.93. The predicted octanol–water partition coefficient (Wildman–Crippen LogP) is -0.0409. The number of aromatic nitrogens is 2. The molecule has 8 heteroatoms. The summed E-state index contributed by atoms with van der Waals surface area (Å²) >= 11 is 0. The number of hydrogen-bond acceptors (Lipinski definition) is 5. The quantitative estimate of drug-likeness (QED) is 0.815. The minimum atomic E-state index is -0.123. The smallest absolute Gasteiger partial charge is 0.274 e. The van der Waals surface area contributed by atoms with Crippen LogP contribution >= 0.6 is 0 Å². The molecular formula is C16H24N4O4. The lowest BCUT2D eigenvalue weighted by Crippen LogP contribution is -2.41. The molecule has 2 aliphatic rings. The molecule has 1 N–H and O–H groups in total. The van der Waals surface area contributed by atoms with Crippen LogP contribution in [0.4, 0.5) is 0 Å². The van der Waals surface area contributed by atoms with Gasteiger partial charge in [-0.25, -0.2) is 0 Å². The van der Waals surface area contributed by atoms with Crippen LogP contribution < -0.4 is 5.32 Å². The maximum Gasteiger partial charge on any atom is 0.274 e. The normalized spacial score (nSPS) is 21.0. The molecule has 0 aromatic carbocycles. The van der Waals surface area contributed by atoms with Crippen molar-refractivity contribution in [2.24, 2.45) is 0 Å². The maximum absolute atomic E-state index is 12.4. The highest BCUT2D eigenvalue weighted by molar-refractivity contribution is 5.92. The van der Waals surface area contributed by atoms with E-state index >= 15 is 0 Å². The fraction of sp³-hybridized carbons (Fsp3) is 0.688. The molecule has 0 unspecified atom stereocenters. The van der Waals surface area contributed by atoms with Crippen molar-refractivity contribution in [1.29, 1.82) is 0 Å². The Balaban J connectivity index is 1.54. The van der Waals surface area contributed by atoms with Gasteiger partial charge in [-0.3, -0.25) is 14.3 Å². The van der Waals surface area contributed by atoms with E-state index in [1.807, 2.05) is 6.92 Å². The Morgan fingerprint density at radius 1 is 1.33 bits per heavy atom. The summed E-state index contributed by atoms with van der Waals surface area (Å²) in [7, 11) is 0. The predicted molar refractivity (Wildman–Crippen MR) is 85.7 cm³/mol. The van der Waals surface area contributed by atoms with Crippen LogP contribution in [-0.4, -0.2) is 72.1 Å². The monoisotopic (exact) mass is 336 g/mol. The summed E-state index contributed by atoms with van der Waals surface area (Å²) in [6, 6.07) is 1.73. The maximum atomic E-state index is 12.4. The molecule has 0 aliphatic carbocycles. The van der Waals surface area contributed by atoms with E-state index < -0.39 is 0 Å². The highest BCUT2D eigenvalue weighted by atomic mass is 16.5. The summed E-state index contributed by atoms with van der Waals surface area (Å²) in [6.07, 6.45) is 2.15. The number of rotatable bonds is 5. The third kappa shape index (κ3) is 4.12. The topological polar surface area (TPSA) is 85.7 Å². The van der Waals surface area contributed by atoms with Crippen LogP contribution in [0.15, 0.2) is 6.07 Å². The van der Waals surface area contributed by atoms with Crippen molar-refractivity contribution in [3.8, 4) is 0 Å². The van der Waals surface area contributed by atoms with Crippen molar-refractivity contribution in [2.75, 3.05) is 39.5 Å². The molecule has 8 nitrogen and oxygen atoms in total. The van der Waals surface area contributed by atoms with E-state index in [4.69, 9.17) is 9.47 Å². The Kier molecular flexibility index (Phi) is 5.47. The van der Waals surface area contributed by atoms with Crippen LogP contribution in [0.2, 0.25) is 0 Å². The van der Waals surface area contributed by atoms with Crippen LogP contribution in [0, 0.1) is 6.92 Å².